The normalized spacial score (nSPS) is 16.4. The van der Waals surface area contributed by atoms with Crippen LogP contribution in [0.15, 0.2) is 53.5 Å². The highest BCUT2D eigenvalue weighted by Crippen LogP contribution is 2.28. The van der Waals surface area contributed by atoms with E-state index in [1.54, 1.807) is 28.0 Å². The Morgan fingerprint density at radius 1 is 1.21 bits per heavy atom. The number of para-hydroxylation sites is 1. The maximum atomic E-state index is 13.1. The zero-order valence-electron chi connectivity index (χ0n) is 15.5. The largest absolute Gasteiger partial charge is 0.274 e. The van der Waals surface area contributed by atoms with Gasteiger partial charge in [0.25, 0.3) is 0 Å². The van der Waals surface area contributed by atoms with E-state index in [2.05, 4.69) is 23.0 Å². The van der Waals surface area contributed by atoms with Crippen LogP contribution >= 0.6 is 34.7 Å². The van der Waals surface area contributed by atoms with Crippen molar-refractivity contribution in [2.75, 3.05) is 10.7 Å². The number of amides is 1. The molecule has 0 N–H and O–H groups in total. The second-order valence-corrected chi connectivity index (χ2v) is 9.24. The number of hydrogen-bond acceptors (Lipinski definition) is 5. The molecule has 4 rings (SSSR count). The van der Waals surface area contributed by atoms with Crippen molar-refractivity contribution in [3.05, 3.63) is 58.6 Å². The van der Waals surface area contributed by atoms with Gasteiger partial charge < -0.3 is 0 Å². The molecule has 1 aliphatic heterocycles. The second kappa shape index (κ2) is 8.64. The van der Waals surface area contributed by atoms with Gasteiger partial charge in [-0.25, -0.2) is 4.98 Å². The van der Waals surface area contributed by atoms with Gasteiger partial charge in [0.1, 0.15) is 0 Å². The maximum absolute atomic E-state index is 13.1. The van der Waals surface area contributed by atoms with Crippen LogP contribution in [-0.2, 0) is 11.2 Å². The van der Waals surface area contributed by atoms with E-state index in [1.807, 2.05) is 42.5 Å². The molecule has 1 aromatic heterocycles. The Hall–Kier alpha value is -1.89. The Balaban J connectivity index is 1.46. The summed E-state index contributed by atoms with van der Waals surface area (Å²) in [6.07, 6.45) is 2.01. The van der Waals surface area contributed by atoms with Crippen LogP contribution in [0.5, 0.6) is 0 Å². The number of thioether (sulfide) groups is 1. The number of aryl methyl sites for hydroxylation is 1. The standard InChI is InChI=1S/C21H20ClN3OS2/c1-14-13-27-21(23-14)25(16-11-9-15(22)10-12-16)20(26)8-4-7-19-24-17-5-2-3-6-18(17)28-19/h2-3,5-6,9-12,14H,4,7-8,13H2,1H3/t14-/m1/s1. The van der Waals surface area contributed by atoms with Crippen LogP contribution in [0.1, 0.15) is 24.8 Å². The molecule has 0 unspecified atom stereocenters. The van der Waals surface area contributed by atoms with Gasteiger partial charge in [0.2, 0.25) is 5.91 Å². The molecule has 0 radical (unpaired) electrons. The lowest BCUT2D eigenvalue weighted by Crippen LogP contribution is -2.34. The monoisotopic (exact) mass is 429 g/mol. The number of carbonyl (C=O) groups excluding carboxylic acids is 1. The first-order valence-electron chi connectivity index (χ1n) is 9.24. The first-order chi connectivity index (χ1) is 13.6. The third-order valence-corrected chi connectivity index (χ3v) is 6.97. The molecule has 2 aromatic carbocycles. The number of nitrogens with zero attached hydrogens (tertiary/aromatic N) is 3. The first-order valence-corrected chi connectivity index (χ1v) is 11.4. The lowest BCUT2D eigenvalue weighted by Gasteiger charge is -2.22. The summed E-state index contributed by atoms with van der Waals surface area (Å²) in [5.41, 5.74) is 1.84. The number of rotatable bonds is 5. The lowest BCUT2D eigenvalue weighted by atomic mass is 10.2. The van der Waals surface area contributed by atoms with Gasteiger partial charge in [0.15, 0.2) is 5.17 Å². The van der Waals surface area contributed by atoms with E-state index in [4.69, 9.17) is 11.6 Å². The van der Waals surface area contributed by atoms with E-state index in [0.717, 1.165) is 40.0 Å². The number of aromatic nitrogens is 1. The van der Waals surface area contributed by atoms with Gasteiger partial charge in [-0.05, 0) is 56.2 Å². The van der Waals surface area contributed by atoms with E-state index in [0.29, 0.717) is 11.4 Å². The van der Waals surface area contributed by atoms with Gasteiger partial charge in [-0.1, -0.05) is 35.5 Å². The molecule has 0 fully saturated rings. The van der Waals surface area contributed by atoms with Crippen molar-refractivity contribution in [1.82, 2.24) is 4.98 Å². The van der Waals surface area contributed by atoms with E-state index >= 15 is 0 Å². The van der Waals surface area contributed by atoms with Crippen LogP contribution in [0.3, 0.4) is 0 Å². The summed E-state index contributed by atoms with van der Waals surface area (Å²) < 4.78 is 1.19. The molecule has 0 aliphatic carbocycles. The fourth-order valence-corrected chi connectivity index (χ4v) is 5.25. The molecular formula is C21H20ClN3OS2. The number of carbonyl (C=O) groups is 1. The van der Waals surface area contributed by atoms with Crippen LogP contribution in [0, 0.1) is 0 Å². The fraction of sp³-hybridized carbons (Fsp3) is 0.286. The topological polar surface area (TPSA) is 45.6 Å². The van der Waals surface area contributed by atoms with Crippen molar-refractivity contribution in [3.63, 3.8) is 0 Å². The molecule has 0 saturated carbocycles. The van der Waals surface area contributed by atoms with Crippen molar-refractivity contribution in [3.8, 4) is 0 Å². The number of benzene rings is 2. The third kappa shape index (κ3) is 4.40. The zero-order valence-corrected chi connectivity index (χ0v) is 17.9. The molecule has 1 amide bonds. The fourth-order valence-electron chi connectivity index (χ4n) is 3.06. The number of halogens is 1. The molecular weight excluding hydrogens is 410 g/mol. The Labute approximate surface area is 177 Å². The second-order valence-electron chi connectivity index (χ2n) is 6.71. The van der Waals surface area contributed by atoms with Gasteiger partial charge in [-0.2, -0.15) is 0 Å². The van der Waals surface area contributed by atoms with Crippen molar-refractivity contribution in [1.29, 1.82) is 0 Å². The van der Waals surface area contributed by atoms with Crippen LogP contribution in [0.25, 0.3) is 10.2 Å². The number of fused-ring (bicyclic) bond motifs is 1. The van der Waals surface area contributed by atoms with E-state index in [9.17, 15) is 4.79 Å². The Bertz CT molecular complexity index is 983. The molecule has 1 atom stereocenters. The first kappa shape index (κ1) is 19.4. The van der Waals surface area contributed by atoms with Crippen molar-refractivity contribution >= 4 is 61.7 Å². The molecule has 144 valence electrons. The average Bonchev–Trinajstić information content (AvgIpc) is 3.29. The molecule has 0 saturated heterocycles. The van der Waals surface area contributed by atoms with Crippen LogP contribution in [0.4, 0.5) is 5.69 Å². The Kier molecular flexibility index (Phi) is 5.99. The van der Waals surface area contributed by atoms with E-state index in [-0.39, 0.29) is 11.9 Å². The predicted molar refractivity (Wildman–Crippen MR) is 121 cm³/mol. The number of hydrogen-bond donors (Lipinski definition) is 0. The van der Waals surface area contributed by atoms with Crippen molar-refractivity contribution < 1.29 is 4.79 Å². The quantitative estimate of drug-likeness (QED) is 0.515. The summed E-state index contributed by atoms with van der Waals surface area (Å²) in [4.78, 5) is 24.1. The summed E-state index contributed by atoms with van der Waals surface area (Å²) >= 11 is 9.35. The highest BCUT2D eigenvalue weighted by molar-refractivity contribution is 8.14. The summed E-state index contributed by atoms with van der Waals surface area (Å²) in [5.74, 6) is 0.960. The maximum Gasteiger partial charge on any atom is 0.233 e. The molecule has 2 heterocycles. The lowest BCUT2D eigenvalue weighted by molar-refractivity contribution is -0.117. The number of thiazole rings is 1. The summed E-state index contributed by atoms with van der Waals surface area (Å²) in [6.45, 7) is 2.07. The van der Waals surface area contributed by atoms with Gasteiger partial charge in [-0.15, -0.1) is 11.3 Å². The van der Waals surface area contributed by atoms with Crippen molar-refractivity contribution in [2.24, 2.45) is 4.99 Å². The van der Waals surface area contributed by atoms with Crippen LogP contribution < -0.4 is 4.90 Å². The van der Waals surface area contributed by atoms with Gasteiger partial charge in [0.05, 0.1) is 27.0 Å². The van der Waals surface area contributed by atoms with E-state index < -0.39 is 0 Å². The summed E-state index contributed by atoms with van der Waals surface area (Å²) in [5, 5.41) is 2.51. The number of anilines is 1. The molecule has 7 heteroatoms. The molecule has 4 nitrogen and oxygen atoms in total. The minimum Gasteiger partial charge on any atom is -0.274 e. The minimum atomic E-state index is 0.0591. The number of aliphatic imine (C=N–C) groups is 1. The summed E-state index contributed by atoms with van der Waals surface area (Å²) in [7, 11) is 0. The Morgan fingerprint density at radius 3 is 2.71 bits per heavy atom. The number of amidine groups is 1. The molecule has 0 spiro atoms. The molecule has 1 aliphatic rings. The highest BCUT2D eigenvalue weighted by atomic mass is 35.5. The minimum absolute atomic E-state index is 0.0591. The van der Waals surface area contributed by atoms with Gasteiger partial charge in [0, 0.05) is 17.2 Å². The average molecular weight is 430 g/mol. The van der Waals surface area contributed by atoms with Crippen molar-refractivity contribution in [2.45, 2.75) is 32.2 Å². The molecule has 3 aromatic rings. The highest BCUT2D eigenvalue weighted by Gasteiger charge is 2.26. The summed E-state index contributed by atoms with van der Waals surface area (Å²) in [6, 6.07) is 15.7. The Morgan fingerprint density at radius 2 is 2.00 bits per heavy atom. The SMILES string of the molecule is C[C@@H]1CSC(N(C(=O)CCCc2nc3ccccc3s2)c2ccc(Cl)cc2)=N1. The smallest absolute Gasteiger partial charge is 0.233 e. The van der Waals surface area contributed by atoms with E-state index in [1.165, 1.54) is 4.70 Å². The predicted octanol–water partition coefficient (Wildman–Crippen LogP) is 5.80. The van der Waals surface area contributed by atoms with Gasteiger partial charge in [-0.3, -0.25) is 14.7 Å². The molecule has 28 heavy (non-hydrogen) atoms. The third-order valence-electron chi connectivity index (χ3n) is 4.43. The van der Waals surface area contributed by atoms with Crippen LogP contribution in [0.2, 0.25) is 5.02 Å². The van der Waals surface area contributed by atoms with Crippen LogP contribution in [-0.4, -0.2) is 27.9 Å². The molecule has 0 bridgehead atoms. The van der Waals surface area contributed by atoms with Gasteiger partial charge >= 0.3 is 0 Å². The zero-order chi connectivity index (χ0) is 19.5.